The molecule has 168 valence electrons. The van der Waals surface area contributed by atoms with Gasteiger partial charge in [-0.1, -0.05) is 71.9 Å². The molecule has 0 saturated carbocycles. The molecule has 0 aliphatic carbocycles. The van der Waals surface area contributed by atoms with Gasteiger partial charge in [-0.2, -0.15) is 9.50 Å². The molecule has 34 heavy (non-hydrogen) atoms. The average Bonchev–Trinajstić information content (AvgIpc) is 3.27. The van der Waals surface area contributed by atoms with E-state index in [4.69, 9.17) is 5.10 Å². The van der Waals surface area contributed by atoms with Gasteiger partial charge in [0.25, 0.3) is 11.7 Å². The molecular formula is C27H23N5OS. The molecule has 6 nitrogen and oxygen atoms in total. The maximum Gasteiger partial charge on any atom is 0.255 e. The number of rotatable bonds is 5. The van der Waals surface area contributed by atoms with Gasteiger partial charge >= 0.3 is 0 Å². The Morgan fingerprint density at radius 1 is 0.853 bits per heavy atom. The zero-order valence-corrected chi connectivity index (χ0v) is 19.9. The number of aryl methyl sites for hydroxylation is 2. The van der Waals surface area contributed by atoms with Crippen LogP contribution in [0.2, 0.25) is 0 Å². The van der Waals surface area contributed by atoms with Crippen molar-refractivity contribution in [3.05, 3.63) is 101 Å². The van der Waals surface area contributed by atoms with Crippen molar-refractivity contribution >= 4 is 29.1 Å². The van der Waals surface area contributed by atoms with Crippen LogP contribution in [0.3, 0.4) is 0 Å². The minimum Gasteiger partial charge on any atom is -0.321 e. The molecule has 5 rings (SSSR count). The summed E-state index contributed by atoms with van der Waals surface area (Å²) in [5.41, 5.74) is 5.31. The molecule has 0 bridgehead atoms. The fourth-order valence-corrected chi connectivity index (χ4v) is 4.65. The normalized spacial score (nSPS) is 11.0. The number of aromatic nitrogens is 4. The second-order valence-corrected chi connectivity index (χ2v) is 9.09. The highest BCUT2D eigenvalue weighted by Crippen LogP contribution is 2.36. The summed E-state index contributed by atoms with van der Waals surface area (Å²) in [6.07, 6.45) is 0. The van der Waals surface area contributed by atoms with Crippen molar-refractivity contribution in [3.8, 4) is 11.4 Å². The van der Waals surface area contributed by atoms with Gasteiger partial charge in [0, 0.05) is 27.3 Å². The summed E-state index contributed by atoms with van der Waals surface area (Å²) < 4.78 is 1.79. The number of para-hydroxylation sites is 1. The van der Waals surface area contributed by atoms with Crippen molar-refractivity contribution < 1.29 is 4.79 Å². The zero-order valence-electron chi connectivity index (χ0n) is 19.1. The third-order valence-electron chi connectivity index (χ3n) is 5.60. The van der Waals surface area contributed by atoms with Crippen LogP contribution in [-0.4, -0.2) is 25.5 Å². The fraction of sp³-hybridized carbons (Fsp3) is 0.111. The predicted molar refractivity (Wildman–Crippen MR) is 135 cm³/mol. The molecule has 0 aliphatic rings. The quantitative estimate of drug-likeness (QED) is 0.317. The highest BCUT2D eigenvalue weighted by atomic mass is 32.2. The van der Waals surface area contributed by atoms with Crippen molar-refractivity contribution in [1.82, 2.24) is 19.6 Å². The lowest BCUT2D eigenvalue weighted by molar-refractivity contribution is 0.102. The first kappa shape index (κ1) is 21.9. The summed E-state index contributed by atoms with van der Waals surface area (Å²) in [6.45, 7) is 6.00. The lowest BCUT2D eigenvalue weighted by Crippen LogP contribution is -2.12. The molecule has 5 aromatic rings. The predicted octanol–water partition coefficient (Wildman–Crippen LogP) is 6.12. The van der Waals surface area contributed by atoms with Crippen molar-refractivity contribution in [2.45, 2.75) is 30.7 Å². The van der Waals surface area contributed by atoms with Gasteiger partial charge in [0.2, 0.25) is 0 Å². The Bertz CT molecular complexity index is 1490. The second-order valence-electron chi connectivity index (χ2n) is 8.06. The molecule has 2 aromatic heterocycles. The van der Waals surface area contributed by atoms with Crippen LogP contribution in [0.15, 0.2) is 88.8 Å². The first-order chi connectivity index (χ1) is 16.5. The van der Waals surface area contributed by atoms with Crippen LogP contribution in [0.5, 0.6) is 0 Å². The van der Waals surface area contributed by atoms with E-state index in [9.17, 15) is 4.79 Å². The number of anilines is 1. The third-order valence-corrected chi connectivity index (χ3v) is 6.85. The number of hydrogen-bond acceptors (Lipinski definition) is 5. The molecule has 2 heterocycles. The number of amides is 1. The van der Waals surface area contributed by atoms with E-state index in [1.807, 2.05) is 99.6 Å². The number of nitrogens with zero attached hydrogens (tertiary/aromatic N) is 4. The van der Waals surface area contributed by atoms with Crippen LogP contribution < -0.4 is 5.32 Å². The number of hydrogen-bond donors (Lipinski definition) is 1. The van der Waals surface area contributed by atoms with Crippen LogP contribution in [-0.2, 0) is 0 Å². The van der Waals surface area contributed by atoms with Crippen molar-refractivity contribution in [1.29, 1.82) is 0 Å². The summed E-state index contributed by atoms with van der Waals surface area (Å²) in [5.74, 6) is 1.03. The SMILES string of the molecule is Cc1ccc(C(=O)Nc2ccccc2Sc2c(C)c(C)nc3nc(-c4ccccc4)nn23)cc1. The van der Waals surface area contributed by atoms with Gasteiger partial charge in [-0.15, -0.1) is 5.10 Å². The van der Waals surface area contributed by atoms with E-state index < -0.39 is 0 Å². The fourth-order valence-electron chi connectivity index (χ4n) is 3.55. The monoisotopic (exact) mass is 465 g/mol. The molecule has 7 heteroatoms. The largest absolute Gasteiger partial charge is 0.321 e. The average molecular weight is 466 g/mol. The van der Waals surface area contributed by atoms with E-state index in [1.54, 1.807) is 4.52 Å². The Hall–Kier alpha value is -3.97. The number of carbonyl (C=O) groups excluding carboxylic acids is 1. The number of benzene rings is 3. The molecule has 1 amide bonds. The van der Waals surface area contributed by atoms with Crippen molar-refractivity contribution in [2.24, 2.45) is 0 Å². The van der Waals surface area contributed by atoms with Gasteiger partial charge in [-0.25, -0.2) is 4.98 Å². The molecule has 0 aliphatic heterocycles. The first-order valence-corrected chi connectivity index (χ1v) is 11.8. The number of fused-ring (bicyclic) bond motifs is 1. The van der Waals surface area contributed by atoms with Gasteiger partial charge in [0.1, 0.15) is 5.03 Å². The Morgan fingerprint density at radius 2 is 1.56 bits per heavy atom. The maximum absolute atomic E-state index is 12.9. The van der Waals surface area contributed by atoms with Gasteiger partial charge in [0.15, 0.2) is 5.82 Å². The number of nitrogens with one attached hydrogen (secondary N) is 1. The zero-order chi connectivity index (χ0) is 23.7. The standard InChI is InChI=1S/C27H23N5OS/c1-17-13-15-21(16-14-17)25(33)29-22-11-7-8-12-23(22)34-26-18(2)19(3)28-27-30-24(31-32(26)27)20-9-5-4-6-10-20/h4-16H,1-3H3,(H,29,33). The van der Waals surface area contributed by atoms with Gasteiger partial charge in [0.05, 0.1) is 5.69 Å². The Kier molecular flexibility index (Phi) is 5.86. The van der Waals surface area contributed by atoms with E-state index in [0.29, 0.717) is 17.2 Å². The maximum atomic E-state index is 12.9. The minimum atomic E-state index is -0.145. The summed E-state index contributed by atoms with van der Waals surface area (Å²) >= 11 is 1.54. The van der Waals surface area contributed by atoms with Crippen molar-refractivity contribution in [2.75, 3.05) is 5.32 Å². The molecule has 0 atom stereocenters. The molecule has 0 unspecified atom stereocenters. The lowest BCUT2D eigenvalue weighted by Gasteiger charge is -2.13. The van der Waals surface area contributed by atoms with Gasteiger partial charge < -0.3 is 5.32 Å². The molecule has 1 N–H and O–H groups in total. The molecule has 0 radical (unpaired) electrons. The summed E-state index contributed by atoms with van der Waals surface area (Å²) in [4.78, 5) is 23.1. The van der Waals surface area contributed by atoms with E-state index >= 15 is 0 Å². The number of carbonyl (C=O) groups is 1. The molecular weight excluding hydrogens is 442 g/mol. The Labute approximate surface area is 202 Å². The summed E-state index contributed by atoms with van der Waals surface area (Å²) in [6, 6.07) is 25.2. The smallest absolute Gasteiger partial charge is 0.255 e. The topological polar surface area (TPSA) is 72.2 Å². The Morgan fingerprint density at radius 3 is 2.32 bits per heavy atom. The van der Waals surface area contributed by atoms with Crippen LogP contribution >= 0.6 is 11.8 Å². The molecule has 0 fully saturated rings. The van der Waals surface area contributed by atoms with Gasteiger partial charge in [-0.3, -0.25) is 4.79 Å². The van der Waals surface area contributed by atoms with E-state index in [0.717, 1.165) is 38.0 Å². The van der Waals surface area contributed by atoms with Gasteiger partial charge in [-0.05, 0) is 45.0 Å². The Balaban J connectivity index is 1.52. The first-order valence-electron chi connectivity index (χ1n) is 10.9. The van der Waals surface area contributed by atoms with Crippen molar-refractivity contribution in [3.63, 3.8) is 0 Å². The minimum absolute atomic E-state index is 0.145. The van der Waals surface area contributed by atoms with Crippen LogP contribution in [0.4, 0.5) is 5.69 Å². The molecule has 3 aromatic carbocycles. The van der Waals surface area contributed by atoms with Crippen LogP contribution in [0.1, 0.15) is 27.2 Å². The third kappa shape index (κ3) is 4.30. The lowest BCUT2D eigenvalue weighted by atomic mass is 10.1. The second kappa shape index (κ2) is 9.11. The molecule has 0 saturated heterocycles. The van der Waals surface area contributed by atoms with E-state index in [-0.39, 0.29) is 5.91 Å². The highest BCUT2D eigenvalue weighted by Gasteiger charge is 2.18. The summed E-state index contributed by atoms with van der Waals surface area (Å²) in [7, 11) is 0. The van der Waals surface area contributed by atoms with Crippen LogP contribution in [0, 0.1) is 20.8 Å². The summed E-state index contributed by atoms with van der Waals surface area (Å²) in [5, 5.41) is 8.73. The molecule has 0 spiro atoms. The van der Waals surface area contributed by atoms with E-state index in [2.05, 4.69) is 15.3 Å². The highest BCUT2D eigenvalue weighted by molar-refractivity contribution is 7.99. The van der Waals surface area contributed by atoms with E-state index in [1.165, 1.54) is 11.8 Å². The van der Waals surface area contributed by atoms with Crippen LogP contribution in [0.25, 0.3) is 17.2 Å².